The molecule has 8 nitrogen and oxygen atoms in total. The van der Waals surface area contributed by atoms with E-state index in [2.05, 4.69) is 10.3 Å². The maximum atomic E-state index is 11.6. The molecule has 0 saturated carbocycles. The van der Waals surface area contributed by atoms with Gasteiger partial charge in [-0.2, -0.15) is 4.98 Å². The van der Waals surface area contributed by atoms with E-state index in [1.165, 1.54) is 12.3 Å². The fraction of sp³-hybridized carbons (Fsp3) is 0.143. The van der Waals surface area contributed by atoms with E-state index in [1.807, 2.05) is 18.2 Å². The van der Waals surface area contributed by atoms with E-state index in [4.69, 9.17) is 9.84 Å². The highest BCUT2D eigenvalue weighted by atomic mass is 16.5. The van der Waals surface area contributed by atoms with Gasteiger partial charge in [-0.1, -0.05) is 30.3 Å². The Morgan fingerprint density at radius 3 is 2.59 bits per heavy atom. The van der Waals surface area contributed by atoms with Crippen molar-refractivity contribution in [3.05, 3.63) is 58.6 Å². The van der Waals surface area contributed by atoms with Crippen molar-refractivity contribution < 1.29 is 19.4 Å². The first kappa shape index (κ1) is 15.2. The number of nitrogens with zero attached hydrogens (tertiary/aromatic N) is 2. The second-order valence-corrected chi connectivity index (χ2v) is 4.30. The molecular weight excluding hydrogens is 290 g/mol. The van der Waals surface area contributed by atoms with Crippen molar-refractivity contribution in [2.24, 2.45) is 0 Å². The summed E-state index contributed by atoms with van der Waals surface area (Å²) in [4.78, 5) is 37.2. The Kier molecular flexibility index (Phi) is 4.86. The second kappa shape index (κ2) is 7.02. The summed E-state index contributed by atoms with van der Waals surface area (Å²) in [5.74, 6) is -1.17. The molecule has 22 heavy (non-hydrogen) atoms. The number of carboxylic acid groups (broad SMARTS) is 1. The first-order valence-electron chi connectivity index (χ1n) is 6.31. The minimum atomic E-state index is -1.16. The zero-order valence-electron chi connectivity index (χ0n) is 11.4. The van der Waals surface area contributed by atoms with E-state index in [0.29, 0.717) is 0 Å². The lowest BCUT2D eigenvalue weighted by Gasteiger charge is -2.07. The Balaban J connectivity index is 1.93. The average molecular weight is 303 g/mol. The van der Waals surface area contributed by atoms with E-state index >= 15 is 0 Å². The van der Waals surface area contributed by atoms with Gasteiger partial charge >= 0.3 is 17.8 Å². The SMILES string of the molecule is O=C(O)Cn1ccc(NC(=O)OCc2ccccc2)nc1=O. The number of nitrogens with one attached hydrogen (secondary N) is 1. The molecule has 2 N–H and O–H groups in total. The Hall–Kier alpha value is -3.16. The highest BCUT2D eigenvalue weighted by Gasteiger charge is 2.08. The monoisotopic (exact) mass is 303 g/mol. The first-order chi connectivity index (χ1) is 10.5. The lowest BCUT2D eigenvalue weighted by Crippen LogP contribution is -2.27. The van der Waals surface area contributed by atoms with Gasteiger partial charge in [0, 0.05) is 6.20 Å². The molecule has 2 aromatic rings. The van der Waals surface area contributed by atoms with Crippen LogP contribution in [0.25, 0.3) is 0 Å². The normalized spacial score (nSPS) is 10.0. The van der Waals surface area contributed by atoms with Crippen LogP contribution in [0.4, 0.5) is 10.6 Å². The molecule has 0 radical (unpaired) electrons. The molecule has 0 unspecified atom stereocenters. The van der Waals surface area contributed by atoms with E-state index in [9.17, 15) is 14.4 Å². The summed E-state index contributed by atoms with van der Waals surface area (Å²) in [7, 11) is 0. The number of anilines is 1. The predicted molar refractivity (Wildman–Crippen MR) is 76.4 cm³/mol. The van der Waals surface area contributed by atoms with Crippen LogP contribution in [0.2, 0.25) is 0 Å². The highest BCUT2D eigenvalue weighted by molar-refractivity contribution is 5.83. The number of rotatable bonds is 5. The highest BCUT2D eigenvalue weighted by Crippen LogP contribution is 2.03. The number of carbonyl (C=O) groups excluding carboxylic acids is 1. The van der Waals surface area contributed by atoms with Crippen molar-refractivity contribution in [2.45, 2.75) is 13.2 Å². The number of aliphatic carboxylic acids is 1. The lowest BCUT2D eigenvalue weighted by atomic mass is 10.2. The van der Waals surface area contributed by atoms with E-state index in [-0.39, 0.29) is 12.4 Å². The molecule has 0 aliphatic rings. The summed E-state index contributed by atoms with van der Waals surface area (Å²) >= 11 is 0. The summed E-state index contributed by atoms with van der Waals surface area (Å²) in [6, 6.07) is 10.4. The fourth-order valence-corrected chi connectivity index (χ4v) is 1.63. The molecular formula is C14H13N3O5. The molecule has 0 aliphatic heterocycles. The van der Waals surface area contributed by atoms with Gasteiger partial charge in [0.25, 0.3) is 0 Å². The van der Waals surface area contributed by atoms with Crippen LogP contribution in [-0.2, 0) is 22.7 Å². The van der Waals surface area contributed by atoms with Crippen LogP contribution < -0.4 is 11.0 Å². The average Bonchev–Trinajstić information content (AvgIpc) is 2.49. The number of carboxylic acids is 1. The predicted octanol–water partition coefficient (Wildman–Crippen LogP) is 1.08. The molecule has 1 amide bonds. The molecule has 2 rings (SSSR count). The van der Waals surface area contributed by atoms with Crippen LogP contribution in [-0.4, -0.2) is 26.7 Å². The summed E-state index contributed by atoms with van der Waals surface area (Å²) in [6.07, 6.45) is 0.475. The van der Waals surface area contributed by atoms with Gasteiger partial charge in [-0.3, -0.25) is 14.7 Å². The maximum Gasteiger partial charge on any atom is 0.413 e. The van der Waals surface area contributed by atoms with Gasteiger partial charge in [-0.15, -0.1) is 0 Å². The quantitative estimate of drug-likeness (QED) is 0.855. The number of hydrogen-bond acceptors (Lipinski definition) is 5. The summed E-state index contributed by atoms with van der Waals surface area (Å²) < 4.78 is 5.88. The van der Waals surface area contributed by atoms with Crippen molar-refractivity contribution in [3.63, 3.8) is 0 Å². The van der Waals surface area contributed by atoms with Gasteiger partial charge < -0.3 is 9.84 Å². The second-order valence-electron chi connectivity index (χ2n) is 4.30. The third-order valence-electron chi connectivity index (χ3n) is 2.62. The van der Waals surface area contributed by atoms with Crippen LogP contribution in [0.1, 0.15) is 5.56 Å². The number of benzene rings is 1. The molecule has 1 aromatic carbocycles. The Bertz CT molecular complexity index is 727. The molecule has 1 heterocycles. The zero-order chi connectivity index (χ0) is 15.9. The first-order valence-corrected chi connectivity index (χ1v) is 6.31. The van der Waals surface area contributed by atoms with Crippen LogP contribution in [0, 0.1) is 0 Å². The number of ether oxygens (including phenoxy) is 1. The maximum absolute atomic E-state index is 11.6. The largest absolute Gasteiger partial charge is 0.480 e. The molecule has 0 spiro atoms. The van der Waals surface area contributed by atoms with Crippen LogP contribution in [0.15, 0.2) is 47.4 Å². The molecule has 8 heteroatoms. The van der Waals surface area contributed by atoms with Crippen molar-refractivity contribution in [1.82, 2.24) is 9.55 Å². The Morgan fingerprint density at radius 1 is 1.23 bits per heavy atom. The fourth-order valence-electron chi connectivity index (χ4n) is 1.63. The van der Waals surface area contributed by atoms with Crippen molar-refractivity contribution >= 4 is 17.9 Å². The van der Waals surface area contributed by atoms with Gasteiger partial charge in [0.1, 0.15) is 19.0 Å². The van der Waals surface area contributed by atoms with Crippen LogP contribution >= 0.6 is 0 Å². The molecule has 0 saturated heterocycles. The van der Waals surface area contributed by atoms with E-state index < -0.39 is 24.3 Å². The number of hydrogen-bond donors (Lipinski definition) is 2. The third-order valence-corrected chi connectivity index (χ3v) is 2.62. The summed E-state index contributed by atoms with van der Waals surface area (Å²) in [6.45, 7) is -0.409. The molecule has 114 valence electrons. The molecule has 0 bridgehead atoms. The number of carbonyl (C=O) groups is 2. The smallest absolute Gasteiger partial charge is 0.413 e. The minimum Gasteiger partial charge on any atom is -0.480 e. The lowest BCUT2D eigenvalue weighted by molar-refractivity contribution is -0.137. The standard InChI is InChI=1S/C14H13N3O5/c18-12(19)8-17-7-6-11(15-13(17)20)16-14(21)22-9-10-4-2-1-3-5-10/h1-7H,8-9H2,(H,18,19)(H,15,16,20,21). The summed E-state index contributed by atoms with van der Waals surface area (Å²) in [5.41, 5.74) is 0.0470. The Morgan fingerprint density at radius 2 is 1.95 bits per heavy atom. The van der Waals surface area contributed by atoms with Crippen molar-refractivity contribution in [2.75, 3.05) is 5.32 Å². The van der Waals surface area contributed by atoms with E-state index in [1.54, 1.807) is 12.1 Å². The van der Waals surface area contributed by atoms with Crippen molar-refractivity contribution in [3.8, 4) is 0 Å². The van der Waals surface area contributed by atoms with E-state index in [0.717, 1.165) is 10.1 Å². The minimum absolute atomic E-state index is 0.00954. The molecule has 1 aromatic heterocycles. The number of amides is 1. The van der Waals surface area contributed by atoms with Gasteiger partial charge in [-0.25, -0.2) is 9.59 Å². The zero-order valence-corrected chi connectivity index (χ0v) is 11.4. The molecule has 0 atom stereocenters. The van der Waals surface area contributed by atoms with Gasteiger partial charge in [0.2, 0.25) is 0 Å². The van der Waals surface area contributed by atoms with Gasteiger partial charge in [0.05, 0.1) is 0 Å². The van der Waals surface area contributed by atoms with Gasteiger partial charge in [-0.05, 0) is 11.6 Å². The molecule has 0 fully saturated rings. The topological polar surface area (TPSA) is 111 Å². The third kappa shape index (κ3) is 4.44. The Labute approximate surface area is 125 Å². The van der Waals surface area contributed by atoms with Crippen LogP contribution in [0.5, 0.6) is 0 Å². The summed E-state index contributed by atoms with van der Waals surface area (Å²) in [5, 5.41) is 10.9. The molecule has 0 aliphatic carbocycles. The number of aromatic nitrogens is 2. The van der Waals surface area contributed by atoms with Crippen LogP contribution in [0.3, 0.4) is 0 Å². The van der Waals surface area contributed by atoms with Gasteiger partial charge in [0.15, 0.2) is 0 Å². The van der Waals surface area contributed by atoms with Crippen molar-refractivity contribution in [1.29, 1.82) is 0 Å².